The van der Waals surface area contributed by atoms with Crippen molar-refractivity contribution >= 4 is 5.97 Å². The molecule has 3 atom stereocenters. The molecule has 0 amide bonds. The highest BCUT2D eigenvalue weighted by molar-refractivity contribution is 5.87. The summed E-state index contributed by atoms with van der Waals surface area (Å²) in [7, 11) is 0. The Bertz CT molecular complexity index is 283. The summed E-state index contributed by atoms with van der Waals surface area (Å²) in [5.41, 5.74) is 0.737. The van der Waals surface area contributed by atoms with Crippen LogP contribution in [0.1, 0.15) is 33.1 Å². The van der Waals surface area contributed by atoms with Crippen molar-refractivity contribution in [3.63, 3.8) is 0 Å². The normalized spacial score (nSPS) is 34.5. The van der Waals surface area contributed by atoms with Crippen LogP contribution in [-0.2, 0) is 14.3 Å². The Kier molecular flexibility index (Phi) is 3.10. The average Bonchev–Trinajstić information content (AvgIpc) is 2.96. The fraction of sp³-hybridized carbons (Fsp3) is 0.750. The molecular formula is C12H18O3. The maximum Gasteiger partial charge on any atom is 0.333 e. The lowest BCUT2D eigenvalue weighted by atomic mass is 9.88. The fourth-order valence-corrected chi connectivity index (χ4v) is 2.25. The summed E-state index contributed by atoms with van der Waals surface area (Å²) in [6.45, 7) is 4.11. The van der Waals surface area contributed by atoms with Gasteiger partial charge in [0.05, 0.1) is 18.8 Å². The highest BCUT2D eigenvalue weighted by atomic mass is 16.6. The van der Waals surface area contributed by atoms with Crippen LogP contribution in [0.25, 0.3) is 0 Å². The van der Waals surface area contributed by atoms with Gasteiger partial charge in [0.25, 0.3) is 0 Å². The van der Waals surface area contributed by atoms with Gasteiger partial charge in [-0.2, -0.15) is 0 Å². The second-order valence-electron chi connectivity index (χ2n) is 4.36. The SMILES string of the molecule is CCOC(=O)/C(C)=C/C1CCC2OC2C1. The molecule has 0 radical (unpaired) electrons. The number of epoxide rings is 1. The van der Waals surface area contributed by atoms with Gasteiger partial charge in [-0.3, -0.25) is 0 Å². The third-order valence-corrected chi connectivity index (χ3v) is 3.13. The van der Waals surface area contributed by atoms with Crippen molar-refractivity contribution in [1.82, 2.24) is 0 Å². The molecule has 3 unspecified atom stereocenters. The maximum absolute atomic E-state index is 11.4. The number of rotatable bonds is 3. The van der Waals surface area contributed by atoms with Crippen molar-refractivity contribution in [3.05, 3.63) is 11.6 Å². The van der Waals surface area contributed by atoms with Gasteiger partial charge >= 0.3 is 5.97 Å². The summed E-state index contributed by atoms with van der Waals surface area (Å²) in [5.74, 6) is 0.314. The summed E-state index contributed by atoms with van der Waals surface area (Å²) >= 11 is 0. The first-order valence-corrected chi connectivity index (χ1v) is 5.71. The molecule has 3 nitrogen and oxygen atoms in total. The quantitative estimate of drug-likeness (QED) is 0.406. The number of allylic oxidation sites excluding steroid dienone is 1. The third-order valence-electron chi connectivity index (χ3n) is 3.13. The zero-order valence-electron chi connectivity index (χ0n) is 9.36. The molecule has 1 saturated heterocycles. The van der Waals surface area contributed by atoms with Crippen molar-refractivity contribution in [1.29, 1.82) is 0 Å². The fourth-order valence-electron chi connectivity index (χ4n) is 2.25. The molecule has 1 heterocycles. The van der Waals surface area contributed by atoms with Crippen molar-refractivity contribution < 1.29 is 14.3 Å². The lowest BCUT2D eigenvalue weighted by molar-refractivity contribution is -0.138. The van der Waals surface area contributed by atoms with Gasteiger partial charge in [0, 0.05) is 5.57 Å². The molecule has 1 aliphatic carbocycles. The van der Waals surface area contributed by atoms with E-state index in [0.29, 0.717) is 24.7 Å². The first-order chi connectivity index (χ1) is 7.20. The van der Waals surface area contributed by atoms with Crippen LogP contribution < -0.4 is 0 Å². The summed E-state index contributed by atoms with van der Waals surface area (Å²) in [6.07, 6.45) is 6.39. The molecule has 0 aromatic heterocycles. The minimum atomic E-state index is -0.184. The van der Waals surface area contributed by atoms with E-state index >= 15 is 0 Å². The van der Waals surface area contributed by atoms with Crippen LogP contribution in [0.2, 0.25) is 0 Å². The van der Waals surface area contributed by atoms with Crippen molar-refractivity contribution in [2.45, 2.75) is 45.3 Å². The number of esters is 1. The predicted molar refractivity (Wildman–Crippen MR) is 56.4 cm³/mol. The number of ether oxygens (including phenoxy) is 2. The van der Waals surface area contributed by atoms with Crippen molar-refractivity contribution in [3.8, 4) is 0 Å². The van der Waals surface area contributed by atoms with E-state index in [0.717, 1.165) is 24.8 Å². The van der Waals surface area contributed by atoms with Crippen LogP contribution in [-0.4, -0.2) is 24.8 Å². The largest absolute Gasteiger partial charge is 0.463 e. The molecule has 0 aromatic rings. The predicted octanol–water partition coefficient (Wildman–Crippen LogP) is 2.06. The van der Waals surface area contributed by atoms with E-state index in [1.165, 1.54) is 0 Å². The molecule has 3 heteroatoms. The number of hydrogen-bond acceptors (Lipinski definition) is 3. The van der Waals surface area contributed by atoms with Crippen LogP contribution in [0.5, 0.6) is 0 Å². The van der Waals surface area contributed by atoms with Crippen LogP contribution in [0.4, 0.5) is 0 Å². The number of carbonyl (C=O) groups excluding carboxylic acids is 1. The second-order valence-corrected chi connectivity index (χ2v) is 4.36. The Balaban J connectivity index is 1.87. The Morgan fingerprint density at radius 2 is 2.27 bits per heavy atom. The average molecular weight is 210 g/mol. The van der Waals surface area contributed by atoms with Crippen LogP contribution in [0.15, 0.2) is 11.6 Å². The zero-order chi connectivity index (χ0) is 10.8. The number of carbonyl (C=O) groups is 1. The Morgan fingerprint density at radius 3 is 2.93 bits per heavy atom. The van der Waals surface area contributed by atoms with Gasteiger partial charge in [0.2, 0.25) is 0 Å². The molecule has 84 valence electrons. The van der Waals surface area contributed by atoms with E-state index in [1.807, 2.05) is 13.8 Å². The third kappa shape index (κ3) is 2.59. The molecule has 2 fully saturated rings. The monoisotopic (exact) mass is 210 g/mol. The van der Waals surface area contributed by atoms with Gasteiger partial charge < -0.3 is 9.47 Å². The molecule has 1 aliphatic heterocycles. The van der Waals surface area contributed by atoms with E-state index in [9.17, 15) is 4.79 Å². The molecular weight excluding hydrogens is 192 g/mol. The summed E-state index contributed by atoms with van der Waals surface area (Å²) in [4.78, 5) is 11.4. The molecule has 0 N–H and O–H groups in total. The lowest BCUT2D eigenvalue weighted by Crippen LogP contribution is -2.13. The van der Waals surface area contributed by atoms with Crippen LogP contribution in [0.3, 0.4) is 0 Å². The van der Waals surface area contributed by atoms with Gasteiger partial charge in [0.15, 0.2) is 0 Å². The molecule has 2 rings (SSSR count). The highest BCUT2D eigenvalue weighted by Crippen LogP contribution is 2.40. The highest BCUT2D eigenvalue weighted by Gasteiger charge is 2.43. The Hall–Kier alpha value is -0.830. The van der Waals surface area contributed by atoms with Crippen molar-refractivity contribution in [2.24, 2.45) is 5.92 Å². The standard InChI is InChI=1S/C12H18O3/c1-3-14-12(13)8(2)6-9-4-5-10-11(7-9)15-10/h6,9-11H,3-5,7H2,1-2H3/b8-6+. The maximum atomic E-state index is 11.4. The molecule has 1 saturated carbocycles. The van der Waals surface area contributed by atoms with Gasteiger partial charge in [-0.05, 0) is 39.0 Å². The zero-order valence-corrected chi connectivity index (χ0v) is 9.36. The molecule has 2 aliphatic rings. The van der Waals surface area contributed by atoms with E-state index < -0.39 is 0 Å². The first-order valence-electron chi connectivity index (χ1n) is 5.71. The van der Waals surface area contributed by atoms with E-state index in [-0.39, 0.29) is 5.97 Å². The summed E-state index contributed by atoms with van der Waals surface area (Å²) < 4.78 is 10.4. The van der Waals surface area contributed by atoms with Gasteiger partial charge in [-0.1, -0.05) is 6.08 Å². The van der Waals surface area contributed by atoms with Crippen LogP contribution in [0, 0.1) is 5.92 Å². The second kappa shape index (κ2) is 4.35. The van der Waals surface area contributed by atoms with Gasteiger partial charge in [-0.25, -0.2) is 4.79 Å². The molecule has 0 spiro atoms. The number of fused-ring (bicyclic) bond motifs is 1. The van der Waals surface area contributed by atoms with Gasteiger partial charge in [0.1, 0.15) is 0 Å². The molecule has 15 heavy (non-hydrogen) atoms. The Morgan fingerprint density at radius 1 is 1.47 bits per heavy atom. The minimum Gasteiger partial charge on any atom is -0.463 e. The van der Waals surface area contributed by atoms with Crippen molar-refractivity contribution in [2.75, 3.05) is 6.61 Å². The topological polar surface area (TPSA) is 38.8 Å². The smallest absolute Gasteiger partial charge is 0.333 e. The van der Waals surface area contributed by atoms with Gasteiger partial charge in [-0.15, -0.1) is 0 Å². The summed E-state index contributed by atoms with van der Waals surface area (Å²) in [5, 5.41) is 0. The number of hydrogen-bond donors (Lipinski definition) is 0. The Labute approximate surface area is 90.4 Å². The van der Waals surface area contributed by atoms with E-state index in [2.05, 4.69) is 6.08 Å². The van der Waals surface area contributed by atoms with Crippen LogP contribution >= 0.6 is 0 Å². The van der Waals surface area contributed by atoms with E-state index in [1.54, 1.807) is 0 Å². The molecule has 0 aromatic carbocycles. The lowest BCUT2D eigenvalue weighted by Gasteiger charge is -2.15. The minimum absolute atomic E-state index is 0.184. The van der Waals surface area contributed by atoms with E-state index in [4.69, 9.17) is 9.47 Å². The summed E-state index contributed by atoms with van der Waals surface area (Å²) in [6, 6.07) is 0. The molecule has 0 bridgehead atoms. The first kappa shape index (κ1) is 10.7.